The number of likely N-dealkylation sites (N-methyl/N-ethyl adjacent to an activating group) is 1. The molecule has 1 saturated heterocycles. The van der Waals surface area contributed by atoms with Crippen LogP contribution in [0.5, 0.6) is 5.75 Å². The molecule has 35 heavy (non-hydrogen) atoms. The van der Waals surface area contributed by atoms with Crippen LogP contribution >= 0.6 is 0 Å². The Bertz CT molecular complexity index is 1220. The van der Waals surface area contributed by atoms with Gasteiger partial charge in [0, 0.05) is 43.3 Å². The number of rotatable bonds is 6. The van der Waals surface area contributed by atoms with Gasteiger partial charge < -0.3 is 19.9 Å². The van der Waals surface area contributed by atoms with E-state index in [-0.39, 0.29) is 11.7 Å². The summed E-state index contributed by atoms with van der Waals surface area (Å²) in [5.41, 5.74) is 3.15. The number of nitrogens with one attached hydrogen (secondary N) is 1. The second kappa shape index (κ2) is 10.4. The summed E-state index contributed by atoms with van der Waals surface area (Å²) in [5, 5.41) is 3.78. The van der Waals surface area contributed by atoms with Crippen molar-refractivity contribution in [1.82, 2.24) is 9.88 Å². The van der Waals surface area contributed by atoms with Crippen molar-refractivity contribution in [3.63, 3.8) is 0 Å². The first kappa shape index (κ1) is 24.5. The quantitative estimate of drug-likeness (QED) is 0.486. The molecule has 9 heteroatoms. The highest BCUT2D eigenvalue weighted by Crippen LogP contribution is 2.26. The maximum absolute atomic E-state index is 12.4. The zero-order chi connectivity index (χ0) is 25.0. The van der Waals surface area contributed by atoms with Gasteiger partial charge in [-0.2, -0.15) is 0 Å². The topological polar surface area (TPSA) is 57.7 Å². The van der Waals surface area contributed by atoms with Crippen LogP contribution in [0.25, 0.3) is 17.0 Å². The predicted octanol–water partition coefficient (Wildman–Crippen LogP) is 5.24. The van der Waals surface area contributed by atoms with Gasteiger partial charge in [0.05, 0.1) is 5.52 Å². The fraction of sp³-hybridized carbons (Fsp3) is 0.308. The minimum Gasteiger partial charge on any atom is -0.406 e. The number of carbonyl (C=O) groups excluding carboxylic acids is 1. The van der Waals surface area contributed by atoms with Gasteiger partial charge in [0.1, 0.15) is 11.6 Å². The Morgan fingerprint density at radius 3 is 2.46 bits per heavy atom. The molecule has 0 saturated carbocycles. The van der Waals surface area contributed by atoms with E-state index in [1.165, 1.54) is 36.4 Å². The van der Waals surface area contributed by atoms with Crippen LogP contribution < -0.4 is 15.0 Å². The molecule has 2 heterocycles. The molecule has 0 radical (unpaired) electrons. The summed E-state index contributed by atoms with van der Waals surface area (Å²) in [4.78, 5) is 21.9. The van der Waals surface area contributed by atoms with Crippen molar-refractivity contribution >= 4 is 34.4 Å². The van der Waals surface area contributed by atoms with Crippen LogP contribution in [0.4, 0.5) is 24.7 Å². The number of hydrogen-bond donors (Lipinski definition) is 1. The molecule has 0 atom stereocenters. The van der Waals surface area contributed by atoms with Gasteiger partial charge >= 0.3 is 6.36 Å². The Hall–Kier alpha value is -3.59. The molecule has 4 rings (SSSR count). The zero-order valence-electron chi connectivity index (χ0n) is 19.6. The monoisotopic (exact) mass is 484 g/mol. The van der Waals surface area contributed by atoms with Crippen LogP contribution in [0, 0.1) is 6.92 Å². The van der Waals surface area contributed by atoms with E-state index in [4.69, 9.17) is 4.98 Å². The normalized spacial score (nSPS) is 15.1. The molecule has 0 bridgehead atoms. The average Bonchev–Trinajstić information content (AvgIpc) is 2.83. The first-order chi connectivity index (χ1) is 16.7. The smallest absolute Gasteiger partial charge is 0.406 e. The number of halogens is 3. The maximum atomic E-state index is 12.4. The molecule has 0 aliphatic carbocycles. The summed E-state index contributed by atoms with van der Waals surface area (Å²) in [6.07, 6.45) is -1.89. The molecule has 0 unspecified atom stereocenters. The van der Waals surface area contributed by atoms with Gasteiger partial charge in [0.2, 0.25) is 5.91 Å². The highest BCUT2D eigenvalue weighted by Gasteiger charge is 2.30. The van der Waals surface area contributed by atoms with Crippen molar-refractivity contribution < 1.29 is 22.7 Å². The van der Waals surface area contributed by atoms with E-state index >= 15 is 0 Å². The summed E-state index contributed by atoms with van der Waals surface area (Å²) >= 11 is 0. The van der Waals surface area contributed by atoms with E-state index in [2.05, 4.69) is 32.8 Å². The Balaban J connectivity index is 1.41. The third-order valence-electron chi connectivity index (χ3n) is 5.95. The number of aromatic nitrogens is 1. The number of benzene rings is 2. The Labute approximate surface area is 202 Å². The lowest BCUT2D eigenvalue weighted by Gasteiger charge is -2.35. The second-order valence-electron chi connectivity index (χ2n) is 8.39. The Kier molecular flexibility index (Phi) is 7.25. The largest absolute Gasteiger partial charge is 0.573 e. The van der Waals surface area contributed by atoms with Crippen molar-refractivity contribution in [2.75, 3.05) is 42.9 Å². The van der Waals surface area contributed by atoms with Gasteiger partial charge in [-0.1, -0.05) is 19.1 Å². The standard InChI is InChI=1S/C26H27F3N4O2/c1-3-32-12-14-33(15-13-32)24-16-18(2)22-17-20(7-10-23(22)31-24)30-25(34)11-6-19-4-8-21(9-5-19)35-26(27,28)29/h4-11,16-17H,3,12-15H2,1-2H3,(H,30,34)/b11-6+. The first-order valence-corrected chi connectivity index (χ1v) is 11.4. The highest BCUT2D eigenvalue weighted by atomic mass is 19.4. The number of piperazine rings is 1. The van der Waals surface area contributed by atoms with Gasteiger partial charge in [0.25, 0.3) is 0 Å². The fourth-order valence-corrected chi connectivity index (χ4v) is 4.05. The van der Waals surface area contributed by atoms with Crippen LogP contribution in [0.2, 0.25) is 0 Å². The van der Waals surface area contributed by atoms with E-state index in [1.807, 2.05) is 25.1 Å². The predicted molar refractivity (Wildman–Crippen MR) is 132 cm³/mol. The van der Waals surface area contributed by atoms with Crippen molar-refractivity contribution in [3.05, 3.63) is 65.7 Å². The number of pyridine rings is 1. The van der Waals surface area contributed by atoms with E-state index in [0.717, 1.165) is 55.0 Å². The van der Waals surface area contributed by atoms with Gasteiger partial charge in [0.15, 0.2) is 0 Å². The van der Waals surface area contributed by atoms with Crippen LogP contribution in [0.15, 0.2) is 54.6 Å². The molecule has 1 amide bonds. The third-order valence-corrected chi connectivity index (χ3v) is 5.95. The zero-order valence-corrected chi connectivity index (χ0v) is 19.6. The van der Waals surface area contributed by atoms with E-state index in [9.17, 15) is 18.0 Å². The molecule has 1 N–H and O–H groups in total. The van der Waals surface area contributed by atoms with Crippen LogP contribution in [0.3, 0.4) is 0 Å². The van der Waals surface area contributed by atoms with Crippen LogP contribution in [0.1, 0.15) is 18.1 Å². The summed E-state index contributed by atoms with van der Waals surface area (Å²) < 4.78 is 40.6. The van der Waals surface area contributed by atoms with Gasteiger partial charge in [-0.25, -0.2) is 4.98 Å². The van der Waals surface area contributed by atoms with Crippen molar-refractivity contribution in [3.8, 4) is 5.75 Å². The molecule has 3 aromatic rings. The SMILES string of the molecule is CCN1CCN(c2cc(C)c3cc(NC(=O)/C=C/c4ccc(OC(F)(F)F)cc4)ccc3n2)CC1. The number of carbonyl (C=O) groups is 1. The Morgan fingerprint density at radius 2 is 1.80 bits per heavy atom. The van der Waals surface area contributed by atoms with Crippen LogP contribution in [-0.2, 0) is 4.79 Å². The number of hydrogen-bond acceptors (Lipinski definition) is 5. The fourth-order valence-electron chi connectivity index (χ4n) is 4.05. The number of anilines is 2. The number of ether oxygens (including phenoxy) is 1. The lowest BCUT2D eigenvalue weighted by molar-refractivity contribution is -0.274. The molecule has 184 valence electrons. The van der Waals surface area contributed by atoms with Crippen molar-refractivity contribution in [1.29, 1.82) is 0 Å². The highest BCUT2D eigenvalue weighted by molar-refractivity contribution is 6.03. The summed E-state index contributed by atoms with van der Waals surface area (Å²) in [7, 11) is 0. The first-order valence-electron chi connectivity index (χ1n) is 11.4. The molecule has 6 nitrogen and oxygen atoms in total. The minimum atomic E-state index is -4.74. The minimum absolute atomic E-state index is 0.314. The average molecular weight is 485 g/mol. The van der Waals surface area contributed by atoms with E-state index < -0.39 is 6.36 Å². The molecule has 0 spiro atoms. The molecule has 1 aromatic heterocycles. The lowest BCUT2D eigenvalue weighted by Crippen LogP contribution is -2.46. The molecule has 1 aliphatic heterocycles. The number of alkyl halides is 3. The number of aryl methyl sites for hydroxylation is 1. The third kappa shape index (κ3) is 6.51. The molecule has 2 aromatic carbocycles. The van der Waals surface area contributed by atoms with Gasteiger partial charge in [-0.15, -0.1) is 13.2 Å². The van der Waals surface area contributed by atoms with Gasteiger partial charge in [-0.3, -0.25) is 4.79 Å². The summed E-state index contributed by atoms with van der Waals surface area (Å²) in [6, 6.07) is 13.0. The summed E-state index contributed by atoms with van der Waals surface area (Å²) in [5.74, 6) is 0.304. The van der Waals surface area contributed by atoms with E-state index in [0.29, 0.717) is 11.3 Å². The number of amides is 1. The number of fused-ring (bicyclic) bond motifs is 1. The lowest BCUT2D eigenvalue weighted by atomic mass is 10.1. The molecular formula is C26H27F3N4O2. The summed E-state index contributed by atoms with van der Waals surface area (Å²) in [6.45, 7) is 9.22. The Morgan fingerprint density at radius 1 is 1.09 bits per heavy atom. The van der Waals surface area contributed by atoms with Crippen molar-refractivity contribution in [2.24, 2.45) is 0 Å². The van der Waals surface area contributed by atoms with Gasteiger partial charge in [-0.05, 0) is 67.1 Å². The molecular weight excluding hydrogens is 457 g/mol. The van der Waals surface area contributed by atoms with Crippen LogP contribution in [-0.4, -0.2) is 54.9 Å². The number of nitrogens with zero attached hydrogens (tertiary/aromatic N) is 3. The molecule has 1 aliphatic rings. The molecule has 1 fully saturated rings. The second-order valence-corrected chi connectivity index (χ2v) is 8.39. The van der Waals surface area contributed by atoms with Crippen molar-refractivity contribution in [2.45, 2.75) is 20.2 Å². The van der Waals surface area contributed by atoms with E-state index in [1.54, 1.807) is 0 Å². The maximum Gasteiger partial charge on any atom is 0.573 e.